The van der Waals surface area contributed by atoms with Gasteiger partial charge in [0.1, 0.15) is 0 Å². The van der Waals surface area contributed by atoms with Crippen molar-refractivity contribution in [2.24, 2.45) is 5.92 Å². The summed E-state index contributed by atoms with van der Waals surface area (Å²) in [5.41, 5.74) is 2.76. The number of aryl methyl sites for hydroxylation is 1. The van der Waals surface area contributed by atoms with E-state index in [1.165, 1.54) is 17.5 Å². The van der Waals surface area contributed by atoms with Crippen molar-refractivity contribution in [1.29, 1.82) is 0 Å². The molecule has 0 aliphatic carbocycles. The minimum atomic E-state index is 0.518. The molecule has 1 aromatic carbocycles. The normalized spacial score (nSPS) is 20.2. The van der Waals surface area contributed by atoms with Crippen LogP contribution >= 0.6 is 11.6 Å². The molecular formula is C16H25ClN2. The lowest BCUT2D eigenvalue weighted by Gasteiger charge is -2.39. The van der Waals surface area contributed by atoms with Gasteiger partial charge in [-0.2, -0.15) is 0 Å². The Morgan fingerprint density at radius 2 is 2.00 bits per heavy atom. The summed E-state index contributed by atoms with van der Waals surface area (Å²) in [7, 11) is 0. The van der Waals surface area contributed by atoms with Gasteiger partial charge in [-0.15, -0.1) is 0 Å². The molecule has 2 atom stereocenters. The highest BCUT2D eigenvalue weighted by Crippen LogP contribution is 2.33. The number of hydrogen-bond acceptors (Lipinski definition) is 2. The Balaban J connectivity index is 2.30. The number of nitrogens with zero attached hydrogens (tertiary/aromatic N) is 1. The largest absolute Gasteiger partial charge is 0.314 e. The number of benzene rings is 1. The molecule has 3 heteroatoms. The van der Waals surface area contributed by atoms with Gasteiger partial charge in [0, 0.05) is 37.2 Å². The molecule has 2 rings (SSSR count). The monoisotopic (exact) mass is 280 g/mol. The Kier molecular flexibility index (Phi) is 5.26. The minimum absolute atomic E-state index is 0.518. The zero-order chi connectivity index (χ0) is 13.8. The zero-order valence-corrected chi connectivity index (χ0v) is 13.0. The summed E-state index contributed by atoms with van der Waals surface area (Å²) in [5, 5.41) is 4.28. The van der Waals surface area contributed by atoms with Gasteiger partial charge in [-0.25, -0.2) is 0 Å². The van der Waals surface area contributed by atoms with Crippen LogP contribution in [-0.4, -0.2) is 31.1 Å². The summed E-state index contributed by atoms with van der Waals surface area (Å²) >= 11 is 6.10. The van der Waals surface area contributed by atoms with E-state index >= 15 is 0 Å². The lowest BCUT2D eigenvalue weighted by molar-refractivity contribution is 0.128. The van der Waals surface area contributed by atoms with Crippen LogP contribution < -0.4 is 5.32 Å². The maximum Gasteiger partial charge on any atom is 0.0408 e. The second kappa shape index (κ2) is 6.74. The first-order chi connectivity index (χ1) is 9.13. The standard InChI is InChI=1S/C16H25ClN2/c1-4-12(2)16(19-9-7-18-8-10-19)15-6-5-14(17)11-13(15)3/h5-6,11-12,16,18H,4,7-10H2,1-3H3/t12?,16-/m0/s1. The van der Waals surface area contributed by atoms with E-state index in [0.717, 1.165) is 31.2 Å². The van der Waals surface area contributed by atoms with Gasteiger partial charge in [-0.3, -0.25) is 4.90 Å². The first-order valence-corrected chi connectivity index (χ1v) is 7.72. The Morgan fingerprint density at radius 1 is 1.32 bits per heavy atom. The second-order valence-electron chi connectivity index (χ2n) is 5.62. The smallest absolute Gasteiger partial charge is 0.0408 e. The van der Waals surface area contributed by atoms with Crippen LogP contribution in [0.4, 0.5) is 0 Å². The minimum Gasteiger partial charge on any atom is -0.314 e. The molecule has 1 unspecified atom stereocenters. The van der Waals surface area contributed by atoms with E-state index < -0.39 is 0 Å². The number of nitrogens with one attached hydrogen (secondary N) is 1. The van der Waals surface area contributed by atoms with Gasteiger partial charge in [0.2, 0.25) is 0 Å². The summed E-state index contributed by atoms with van der Waals surface area (Å²) < 4.78 is 0. The van der Waals surface area contributed by atoms with Gasteiger partial charge in [0.15, 0.2) is 0 Å². The molecule has 106 valence electrons. The van der Waals surface area contributed by atoms with Crippen LogP contribution in [0.5, 0.6) is 0 Å². The summed E-state index contributed by atoms with van der Waals surface area (Å²) in [6.07, 6.45) is 1.21. The summed E-state index contributed by atoms with van der Waals surface area (Å²) in [6, 6.07) is 6.86. The van der Waals surface area contributed by atoms with Crippen LogP contribution in [0.2, 0.25) is 5.02 Å². The van der Waals surface area contributed by atoms with Crippen LogP contribution in [0, 0.1) is 12.8 Å². The maximum absolute atomic E-state index is 6.10. The average Bonchev–Trinajstić information content (AvgIpc) is 2.42. The molecule has 1 fully saturated rings. The average molecular weight is 281 g/mol. The summed E-state index contributed by atoms with van der Waals surface area (Å²) in [4.78, 5) is 2.63. The fraction of sp³-hybridized carbons (Fsp3) is 0.625. The maximum atomic E-state index is 6.10. The van der Waals surface area contributed by atoms with E-state index in [0.29, 0.717) is 12.0 Å². The second-order valence-corrected chi connectivity index (χ2v) is 6.05. The molecule has 1 saturated heterocycles. The molecule has 1 aliphatic heterocycles. The first kappa shape index (κ1) is 14.8. The molecular weight excluding hydrogens is 256 g/mol. The number of piperazine rings is 1. The molecule has 1 aromatic rings. The van der Waals surface area contributed by atoms with E-state index in [-0.39, 0.29) is 0 Å². The highest BCUT2D eigenvalue weighted by atomic mass is 35.5. The molecule has 0 amide bonds. The topological polar surface area (TPSA) is 15.3 Å². The van der Waals surface area contributed by atoms with Crippen molar-refractivity contribution in [1.82, 2.24) is 10.2 Å². The fourth-order valence-electron chi connectivity index (χ4n) is 3.02. The quantitative estimate of drug-likeness (QED) is 0.906. The molecule has 0 radical (unpaired) electrons. The third-order valence-corrected chi connectivity index (χ3v) is 4.51. The van der Waals surface area contributed by atoms with E-state index in [2.05, 4.69) is 43.1 Å². The van der Waals surface area contributed by atoms with Crippen LogP contribution in [-0.2, 0) is 0 Å². The molecule has 0 saturated carbocycles. The number of halogens is 1. The van der Waals surface area contributed by atoms with Crippen LogP contribution in [0.25, 0.3) is 0 Å². The molecule has 1 heterocycles. The lowest BCUT2D eigenvalue weighted by atomic mass is 9.88. The third kappa shape index (κ3) is 3.50. The van der Waals surface area contributed by atoms with Gasteiger partial charge in [0.05, 0.1) is 0 Å². The van der Waals surface area contributed by atoms with Crippen LogP contribution in [0.3, 0.4) is 0 Å². The van der Waals surface area contributed by atoms with E-state index in [9.17, 15) is 0 Å². The lowest BCUT2D eigenvalue weighted by Crippen LogP contribution is -2.46. The Labute approximate surface area is 122 Å². The molecule has 2 nitrogen and oxygen atoms in total. The first-order valence-electron chi connectivity index (χ1n) is 7.34. The van der Waals surface area contributed by atoms with E-state index in [4.69, 9.17) is 11.6 Å². The molecule has 19 heavy (non-hydrogen) atoms. The fourth-order valence-corrected chi connectivity index (χ4v) is 3.24. The SMILES string of the molecule is CCC(C)[C@@H](c1ccc(Cl)cc1C)N1CCNCC1. The molecule has 1 aliphatic rings. The highest BCUT2D eigenvalue weighted by Gasteiger charge is 2.27. The summed E-state index contributed by atoms with van der Waals surface area (Å²) in [6.45, 7) is 11.3. The molecule has 0 aromatic heterocycles. The van der Waals surface area contributed by atoms with E-state index in [1.807, 2.05) is 6.07 Å². The highest BCUT2D eigenvalue weighted by molar-refractivity contribution is 6.30. The predicted molar refractivity (Wildman–Crippen MR) is 82.8 cm³/mol. The van der Waals surface area contributed by atoms with Crippen molar-refractivity contribution in [2.45, 2.75) is 33.2 Å². The van der Waals surface area contributed by atoms with Crippen molar-refractivity contribution in [3.8, 4) is 0 Å². The van der Waals surface area contributed by atoms with Gasteiger partial charge in [0.25, 0.3) is 0 Å². The predicted octanol–water partition coefficient (Wildman–Crippen LogP) is 3.64. The molecule has 0 spiro atoms. The van der Waals surface area contributed by atoms with Crippen molar-refractivity contribution in [3.05, 3.63) is 34.3 Å². The Bertz CT molecular complexity index is 413. The van der Waals surface area contributed by atoms with Gasteiger partial charge >= 0.3 is 0 Å². The van der Waals surface area contributed by atoms with Crippen molar-refractivity contribution >= 4 is 11.6 Å². The number of rotatable bonds is 4. The molecule has 0 bridgehead atoms. The van der Waals surface area contributed by atoms with Crippen molar-refractivity contribution < 1.29 is 0 Å². The summed E-state index contributed by atoms with van der Waals surface area (Å²) in [5.74, 6) is 0.665. The van der Waals surface area contributed by atoms with Crippen LogP contribution in [0.15, 0.2) is 18.2 Å². The van der Waals surface area contributed by atoms with Crippen molar-refractivity contribution in [3.63, 3.8) is 0 Å². The Morgan fingerprint density at radius 3 is 2.58 bits per heavy atom. The van der Waals surface area contributed by atoms with Crippen molar-refractivity contribution in [2.75, 3.05) is 26.2 Å². The zero-order valence-electron chi connectivity index (χ0n) is 12.2. The van der Waals surface area contributed by atoms with Gasteiger partial charge < -0.3 is 5.32 Å². The third-order valence-electron chi connectivity index (χ3n) is 4.28. The van der Waals surface area contributed by atoms with Crippen LogP contribution in [0.1, 0.15) is 37.4 Å². The number of hydrogen-bond donors (Lipinski definition) is 1. The Hall–Kier alpha value is -0.570. The molecule has 1 N–H and O–H groups in total. The van der Waals surface area contributed by atoms with Gasteiger partial charge in [-0.1, -0.05) is 37.9 Å². The van der Waals surface area contributed by atoms with Gasteiger partial charge in [-0.05, 0) is 36.1 Å². The van der Waals surface area contributed by atoms with E-state index in [1.54, 1.807) is 0 Å².